The maximum absolute atomic E-state index is 6.21. The third kappa shape index (κ3) is 2.78. The predicted molar refractivity (Wildman–Crippen MR) is 69.9 cm³/mol. The zero-order chi connectivity index (χ0) is 11.4. The van der Waals surface area contributed by atoms with E-state index in [1.54, 1.807) is 0 Å². The first-order valence-corrected chi connectivity index (χ1v) is 6.57. The molecule has 1 aromatic carbocycles. The van der Waals surface area contributed by atoms with Gasteiger partial charge in [0.25, 0.3) is 0 Å². The Morgan fingerprint density at radius 1 is 1.25 bits per heavy atom. The number of hydrogen-bond donors (Lipinski definition) is 1. The van der Waals surface area contributed by atoms with E-state index in [9.17, 15) is 0 Å². The second-order valence-corrected chi connectivity index (χ2v) is 5.21. The molecule has 1 N–H and O–H groups in total. The third-order valence-corrected chi connectivity index (χ3v) is 4.09. The highest BCUT2D eigenvalue weighted by molar-refractivity contribution is 6.31. The van der Waals surface area contributed by atoms with Gasteiger partial charge in [-0.1, -0.05) is 36.2 Å². The van der Waals surface area contributed by atoms with Crippen LogP contribution in [0.25, 0.3) is 0 Å². The number of halogens is 1. The first-order chi connectivity index (χ1) is 7.81. The molecule has 1 aliphatic carbocycles. The summed E-state index contributed by atoms with van der Waals surface area (Å²) in [4.78, 5) is 0. The molecular formula is C14H20ClN. The summed E-state index contributed by atoms with van der Waals surface area (Å²) in [6.45, 7) is 1.15. The molecule has 1 aromatic rings. The van der Waals surface area contributed by atoms with Gasteiger partial charge in [0.1, 0.15) is 0 Å². The minimum atomic E-state index is 0.812. The van der Waals surface area contributed by atoms with Crippen molar-refractivity contribution in [1.82, 2.24) is 5.32 Å². The van der Waals surface area contributed by atoms with E-state index < -0.39 is 0 Å². The number of rotatable bonds is 4. The van der Waals surface area contributed by atoms with Crippen LogP contribution in [-0.2, 0) is 6.42 Å². The monoisotopic (exact) mass is 237 g/mol. The quantitative estimate of drug-likeness (QED) is 0.845. The smallest absolute Gasteiger partial charge is 0.0438 e. The van der Waals surface area contributed by atoms with Crippen LogP contribution in [0.3, 0.4) is 0 Å². The second kappa shape index (κ2) is 5.70. The molecule has 2 rings (SSSR count). The van der Waals surface area contributed by atoms with Crippen molar-refractivity contribution >= 4 is 11.6 Å². The molecule has 0 aromatic heterocycles. The van der Waals surface area contributed by atoms with Crippen molar-refractivity contribution < 1.29 is 0 Å². The van der Waals surface area contributed by atoms with Gasteiger partial charge in [0.05, 0.1) is 0 Å². The van der Waals surface area contributed by atoms with Gasteiger partial charge in [-0.15, -0.1) is 0 Å². The summed E-state index contributed by atoms with van der Waals surface area (Å²) in [5, 5.41) is 4.24. The minimum Gasteiger partial charge on any atom is -0.319 e. The lowest BCUT2D eigenvalue weighted by molar-refractivity contribution is 0.374. The van der Waals surface area contributed by atoms with E-state index in [1.807, 2.05) is 19.2 Å². The van der Waals surface area contributed by atoms with Crippen molar-refractivity contribution in [2.24, 2.45) is 11.8 Å². The topological polar surface area (TPSA) is 12.0 Å². The Hall–Kier alpha value is -0.530. The highest BCUT2D eigenvalue weighted by Gasteiger charge is 2.26. The molecule has 88 valence electrons. The van der Waals surface area contributed by atoms with Gasteiger partial charge in [0.2, 0.25) is 0 Å². The molecule has 0 spiro atoms. The average molecular weight is 238 g/mol. The molecule has 2 unspecified atom stereocenters. The van der Waals surface area contributed by atoms with Crippen LogP contribution >= 0.6 is 11.6 Å². The summed E-state index contributed by atoms with van der Waals surface area (Å²) >= 11 is 6.21. The van der Waals surface area contributed by atoms with E-state index >= 15 is 0 Å². The van der Waals surface area contributed by atoms with Gasteiger partial charge in [-0.25, -0.2) is 0 Å². The van der Waals surface area contributed by atoms with Crippen LogP contribution in [-0.4, -0.2) is 13.6 Å². The summed E-state index contributed by atoms with van der Waals surface area (Å²) in [5.74, 6) is 1.65. The predicted octanol–water partition coefficient (Wildman–Crippen LogP) is 3.52. The maximum atomic E-state index is 6.21. The van der Waals surface area contributed by atoms with E-state index in [1.165, 1.54) is 24.8 Å². The van der Waals surface area contributed by atoms with Crippen molar-refractivity contribution in [3.05, 3.63) is 34.9 Å². The zero-order valence-electron chi connectivity index (χ0n) is 9.88. The molecule has 0 aliphatic heterocycles. The molecule has 1 fully saturated rings. The molecule has 0 amide bonds. The molecular weight excluding hydrogens is 218 g/mol. The van der Waals surface area contributed by atoms with Crippen molar-refractivity contribution in [3.8, 4) is 0 Å². The van der Waals surface area contributed by atoms with Crippen LogP contribution in [0.15, 0.2) is 24.3 Å². The molecule has 16 heavy (non-hydrogen) atoms. The average Bonchev–Trinajstić information content (AvgIpc) is 2.70. The first kappa shape index (κ1) is 11.9. The van der Waals surface area contributed by atoms with Crippen LogP contribution in [0, 0.1) is 11.8 Å². The van der Waals surface area contributed by atoms with E-state index in [4.69, 9.17) is 11.6 Å². The summed E-state index contributed by atoms with van der Waals surface area (Å²) < 4.78 is 0. The molecule has 1 nitrogen and oxygen atoms in total. The van der Waals surface area contributed by atoms with Crippen molar-refractivity contribution in [2.45, 2.75) is 25.7 Å². The third-order valence-electron chi connectivity index (χ3n) is 3.72. The lowest BCUT2D eigenvalue weighted by Crippen LogP contribution is -2.23. The zero-order valence-corrected chi connectivity index (χ0v) is 10.6. The summed E-state index contributed by atoms with van der Waals surface area (Å²) in [6, 6.07) is 8.25. The Kier molecular flexibility index (Phi) is 4.25. The van der Waals surface area contributed by atoms with E-state index in [0.717, 1.165) is 29.8 Å². The molecule has 0 saturated heterocycles. The van der Waals surface area contributed by atoms with Crippen molar-refractivity contribution in [3.63, 3.8) is 0 Å². The van der Waals surface area contributed by atoms with Gasteiger partial charge in [0.15, 0.2) is 0 Å². The van der Waals surface area contributed by atoms with Crippen molar-refractivity contribution in [2.75, 3.05) is 13.6 Å². The summed E-state index contributed by atoms with van der Waals surface area (Å²) in [7, 11) is 2.05. The van der Waals surface area contributed by atoms with E-state index in [-0.39, 0.29) is 0 Å². The van der Waals surface area contributed by atoms with Gasteiger partial charge in [-0.2, -0.15) is 0 Å². The molecule has 2 heteroatoms. The van der Waals surface area contributed by atoms with Crippen LogP contribution < -0.4 is 5.32 Å². The fourth-order valence-corrected chi connectivity index (χ4v) is 3.07. The Morgan fingerprint density at radius 3 is 2.75 bits per heavy atom. The van der Waals surface area contributed by atoms with Crippen LogP contribution in [0.5, 0.6) is 0 Å². The Labute approximate surface area is 103 Å². The first-order valence-electron chi connectivity index (χ1n) is 6.19. The summed E-state index contributed by atoms with van der Waals surface area (Å²) in [6.07, 6.45) is 5.25. The van der Waals surface area contributed by atoms with Gasteiger partial charge in [-0.05, 0) is 56.3 Å². The maximum Gasteiger partial charge on any atom is 0.0438 e. The van der Waals surface area contributed by atoms with Crippen LogP contribution in [0.2, 0.25) is 5.02 Å². The Morgan fingerprint density at radius 2 is 2.00 bits per heavy atom. The molecule has 0 heterocycles. The van der Waals surface area contributed by atoms with E-state index in [0.29, 0.717) is 0 Å². The van der Waals surface area contributed by atoms with Crippen LogP contribution in [0.1, 0.15) is 24.8 Å². The molecule has 1 aliphatic rings. The highest BCUT2D eigenvalue weighted by atomic mass is 35.5. The van der Waals surface area contributed by atoms with Crippen LogP contribution in [0.4, 0.5) is 0 Å². The number of nitrogens with one attached hydrogen (secondary N) is 1. The Bertz CT molecular complexity index is 337. The van der Waals surface area contributed by atoms with Crippen molar-refractivity contribution in [1.29, 1.82) is 0 Å². The Balaban J connectivity index is 2.01. The fraction of sp³-hybridized carbons (Fsp3) is 0.571. The number of hydrogen-bond acceptors (Lipinski definition) is 1. The molecule has 0 radical (unpaired) electrons. The standard InChI is InChI=1S/C14H20ClN/c1-16-10-13-7-4-6-11(13)9-12-5-2-3-8-14(12)15/h2-3,5,8,11,13,16H,4,6-7,9-10H2,1H3. The van der Waals surface area contributed by atoms with Gasteiger partial charge in [0, 0.05) is 5.02 Å². The number of benzene rings is 1. The molecule has 2 atom stereocenters. The largest absolute Gasteiger partial charge is 0.319 e. The van der Waals surface area contributed by atoms with Gasteiger partial charge < -0.3 is 5.32 Å². The normalized spacial score (nSPS) is 24.9. The van der Waals surface area contributed by atoms with Gasteiger partial charge in [-0.3, -0.25) is 0 Å². The molecule has 1 saturated carbocycles. The van der Waals surface area contributed by atoms with Gasteiger partial charge >= 0.3 is 0 Å². The SMILES string of the molecule is CNCC1CCCC1Cc1ccccc1Cl. The second-order valence-electron chi connectivity index (χ2n) is 4.80. The lowest BCUT2D eigenvalue weighted by atomic mass is 9.89. The molecule has 0 bridgehead atoms. The summed E-state index contributed by atoms with van der Waals surface area (Å²) in [5.41, 5.74) is 1.32. The highest BCUT2D eigenvalue weighted by Crippen LogP contribution is 2.35. The fourth-order valence-electron chi connectivity index (χ4n) is 2.86. The lowest BCUT2D eigenvalue weighted by Gasteiger charge is -2.19. The minimum absolute atomic E-state index is 0.812. The van der Waals surface area contributed by atoms with E-state index in [2.05, 4.69) is 17.4 Å².